The molecule has 198 valence electrons. The topological polar surface area (TPSA) is 63.6 Å². The van der Waals surface area contributed by atoms with Gasteiger partial charge in [0.2, 0.25) is 0 Å². The van der Waals surface area contributed by atoms with Crippen LogP contribution in [0.5, 0.6) is 0 Å². The van der Waals surface area contributed by atoms with Gasteiger partial charge in [0.05, 0.1) is 22.6 Å². The molecule has 0 saturated heterocycles. The highest BCUT2D eigenvalue weighted by Crippen LogP contribution is 2.36. The van der Waals surface area contributed by atoms with E-state index in [1.54, 1.807) is 11.2 Å². The number of allylic oxidation sites excluding steroid dienone is 1. The molecule has 0 fully saturated rings. The first-order valence-corrected chi connectivity index (χ1v) is 13.3. The summed E-state index contributed by atoms with van der Waals surface area (Å²) in [6.07, 6.45) is 6.59. The van der Waals surface area contributed by atoms with Crippen molar-refractivity contribution in [2.75, 3.05) is 7.05 Å². The molecule has 1 aliphatic rings. The molecular formula is C31H36BN7. The highest BCUT2D eigenvalue weighted by Gasteiger charge is 2.24. The van der Waals surface area contributed by atoms with Crippen molar-refractivity contribution in [2.24, 2.45) is 10.1 Å². The number of dihydropyridines is 1. The monoisotopic (exact) mass is 517 g/mol. The summed E-state index contributed by atoms with van der Waals surface area (Å²) in [6, 6.07) is 15.8. The van der Waals surface area contributed by atoms with Crippen LogP contribution in [-0.2, 0) is 6.54 Å². The molecule has 0 unspecified atom stereocenters. The van der Waals surface area contributed by atoms with Crippen molar-refractivity contribution in [1.82, 2.24) is 24.6 Å². The van der Waals surface area contributed by atoms with Crippen LogP contribution >= 0.6 is 0 Å². The normalized spacial score (nSPS) is 14.2. The summed E-state index contributed by atoms with van der Waals surface area (Å²) in [4.78, 5) is 4.72. The number of aliphatic imine (C=N–C) groups is 1. The van der Waals surface area contributed by atoms with Crippen LogP contribution in [0.2, 0.25) is 0 Å². The Balaban J connectivity index is 0.000000438. The smallest absolute Gasteiger partial charge is 0.152 e. The Labute approximate surface area is 232 Å². The molecule has 0 spiro atoms. The molecular weight excluding hydrogens is 481 g/mol. The molecule has 2 aromatic heterocycles. The molecule has 0 saturated carbocycles. The predicted octanol–water partition coefficient (Wildman–Crippen LogP) is 5.93. The number of hydrogen-bond donors (Lipinski definition) is 0. The summed E-state index contributed by atoms with van der Waals surface area (Å²) in [6.45, 7) is 15.3. The molecule has 0 N–H and O–H groups in total. The third-order valence-corrected chi connectivity index (χ3v) is 6.63. The molecule has 2 aromatic carbocycles. The molecule has 7 nitrogen and oxygen atoms in total. The van der Waals surface area contributed by atoms with Crippen molar-refractivity contribution in [1.29, 1.82) is 0 Å². The van der Waals surface area contributed by atoms with Crippen LogP contribution in [0.15, 0.2) is 83.7 Å². The number of nitrogens with zero attached hydrogens (tertiary/aromatic N) is 7. The minimum Gasteiger partial charge on any atom is -0.275 e. The molecule has 1 aliphatic heterocycles. The summed E-state index contributed by atoms with van der Waals surface area (Å²) < 4.78 is 4.02. The lowest BCUT2D eigenvalue weighted by Gasteiger charge is -2.16. The van der Waals surface area contributed by atoms with Gasteiger partial charge in [-0.3, -0.25) is 9.69 Å². The van der Waals surface area contributed by atoms with Gasteiger partial charge in [0, 0.05) is 54.6 Å². The lowest BCUT2D eigenvalue weighted by molar-refractivity contribution is 0.490. The zero-order valence-electron chi connectivity index (χ0n) is 23.8. The fourth-order valence-corrected chi connectivity index (χ4v) is 4.71. The number of rotatable bonds is 6. The molecule has 4 aromatic rings. The van der Waals surface area contributed by atoms with Crippen LogP contribution in [0.25, 0.3) is 27.9 Å². The average molecular weight is 517 g/mol. The zero-order valence-corrected chi connectivity index (χ0v) is 23.8. The minimum absolute atomic E-state index is 0.329. The van der Waals surface area contributed by atoms with E-state index in [4.69, 9.17) is 17.9 Å². The van der Waals surface area contributed by atoms with E-state index in [2.05, 4.69) is 74.9 Å². The predicted molar refractivity (Wildman–Crippen MR) is 165 cm³/mol. The Morgan fingerprint density at radius 3 is 2.44 bits per heavy atom. The molecule has 2 radical (unpaired) electrons. The molecule has 0 bridgehead atoms. The zero-order chi connectivity index (χ0) is 28.1. The van der Waals surface area contributed by atoms with Gasteiger partial charge in [-0.25, -0.2) is 9.67 Å². The maximum atomic E-state index is 5.36. The SMILES string of the molecule is C=CN(C)/N=C1\CC=C(n2nc(-c3cccc4nn(CC)cc34)c(C(C)C)c2C)C(C)=N1.[B]c1ccccc1. The fraction of sp³-hybridized carbons (Fsp3) is 0.290. The number of aromatic nitrogens is 4. The van der Waals surface area contributed by atoms with Gasteiger partial charge in [0.25, 0.3) is 0 Å². The second-order valence-electron chi connectivity index (χ2n) is 9.81. The molecule has 3 heterocycles. The number of benzene rings is 2. The lowest BCUT2D eigenvalue weighted by atomic mass is 9.95. The first-order chi connectivity index (χ1) is 18.7. The van der Waals surface area contributed by atoms with Gasteiger partial charge in [0.15, 0.2) is 5.84 Å². The van der Waals surface area contributed by atoms with Crippen LogP contribution in [0, 0.1) is 6.92 Å². The third-order valence-electron chi connectivity index (χ3n) is 6.63. The van der Waals surface area contributed by atoms with E-state index in [0.717, 1.165) is 57.1 Å². The van der Waals surface area contributed by atoms with Crippen molar-refractivity contribution in [3.8, 4) is 11.3 Å². The molecule has 0 aliphatic carbocycles. The second-order valence-corrected chi connectivity index (χ2v) is 9.81. The van der Waals surface area contributed by atoms with Crippen molar-refractivity contribution in [3.05, 3.63) is 84.8 Å². The van der Waals surface area contributed by atoms with Crippen LogP contribution < -0.4 is 5.46 Å². The van der Waals surface area contributed by atoms with Crippen LogP contribution in [0.3, 0.4) is 0 Å². The minimum atomic E-state index is 0.329. The van der Waals surface area contributed by atoms with E-state index in [1.165, 1.54) is 5.56 Å². The Morgan fingerprint density at radius 1 is 1.10 bits per heavy atom. The van der Waals surface area contributed by atoms with Crippen molar-refractivity contribution < 1.29 is 0 Å². The summed E-state index contributed by atoms with van der Waals surface area (Å²) >= 11 is 0. The number of hydrogen-bond acceptors (Lipinski definition) is 4. The summed E-state index contributed by atoms with van der Waals surface area (Å²) in [7, 11) is 7.21. The van der Waals surface area contributed by atoms with Gasteiger partial charge in [-0.1, -0.05) is 68.4 Å². The largest absolute Gasteiger partial charge is 0.275 e. The van der Waals surface area contributed by atoms with Crippen molar-refractivity contribution >= 4 is 41.5 Å². The van der Waals surface area contributed by atoms with Crippen LogP contribution in [-0.4, -0.2) is 51.0 Å². The van der Waals surface area contributed by atoms with E-state index in [9.17, 15) is 0 Å². The molecule has 8 heteroatoms. The standard InChI is InChI=1S/C25H31N7.C6H5B/c1-8-30(7)28-23-14-13-22(17(5)26-23)32-18(6)24(16(3)4)25(29-32)19-11-10-12-21-20(19)15-31(9-2)27-21;7-6-4-2-1-3-5-6/h8,10-13,15-16H,1,9,14H2,2-7H3;1-5H/b28-23+;. The number of amidine groups is 1. The Hall–Kier alpha value is -4.20. The Kier molecular flexibility index (Phi) is 8.64. The third kappa shape index (κ3) is 6.11. The average Bonchev–Trinajstić information content (AvgIpc) is 3.50. The maximum Gasteiger partial charge on any atom is 0.152 e. The van der Waals surface area contributed by atoms with Gasteiger partial charge in [-0.05, 0) is 38.8 Å². The molecule has 5 rings (SSSR count). The van der Waals surface area contributed by atoms with Gasteiger partial charge < -0.3 is 0 Å². The van der Waals surface area contributed by atoms with E-state index in [-0.39, 0.29) is 0 Å². The number of aryl methyl sites for hydroxylation is 1. The van der Waals surface area contributed by atoms with Crippen molar-refractivity contribution in [2.45, 2.75) is 53.5 Å². The summed E-state index contributed by atoms with van der Waals surface area (Å²) in [5.41, 5.74) is 8.24. The van der Waals surface area contributed by atoms with E-state index >= 15 is 0 Å². The first-order valence-electron chi connectivity index (χ1n) is 13.3. The highest BCUT2D eigenvalue weighted by atomic mass is 15.4. The summed E-state index contributed by atoms with van der Waals surface area (Å²) in [5.74, 6) is 1.09. The molecule has 0 amide bonds. The van der Waals surface area contributed by atoms with Gasteiger partial charge >= 0.3 is 0 Å². The van der Waals surface area contributed by atoms with E-state index < -0.39 is 0 Å². The summed E-state index contributed by atoms with van der Waals surface area (Å²) in [5, 5.41) is 17.1. The van der Waals surface area contributed by atoms with E-state index in [0.29, 0.717) is 12.3 Å². The van der Waals surface area contributed by atoms with Gasteiger partial charge in [0.1, 0.15) is 7.85 Å². The van der Waals surface area contributed by atoms with Crippen LogP contribution in [0.4, 0.5) is 0 Å². The van der Waals surface area contributed by atoms with E-state index in [1.807, 2.05) is 53.7 Å². The molecule has 39 heavy (non-hydrogen) atoms. The molecule has 0 atom stereocenters. The first kappa shape index (κ1) is 27.8. The Bertz CT molecular complexity index is 1550. The number of fused-ring (bicyclic) bond motifs is 1. The maximum absolute atomic E-state index is 5.36. The quantitative estimate of drug-likeness (QED) is 0.235. The lowest BCUT2D eigenvalue weighted by Crippen LogP contribution is -2.17. The van der Waals surface area contributed by atoms with Crippen molar-refractivity contribution in [3.63, 3.8) is 0 Å². The highest BCUT2D eigenvalue weighted by molar-refractivity contribution is 6.32. The second kappa shape index (κ2) is 12.1. The van der Waals surface area contributed by atoms with Gasteiger partial charge in [-0.15, -0.1) is 0 Å². The number of hydrazone groups is 1. The van der Waals surface area contributed by atoms with Crippen LogP contribution in [0.1, 0.15) is 51.3 Å². The Morgan fingerprint density at radius 2 is 1.85 bits per heavy atom. The van der Waals surface area contributed by atoms with Gasteiger partial charge in [-0.2, -0.15) is 15.3 Å². The fourth-order valence-electron chi connectivity index (χ4n) is 4.71.